The second kappa shape index (κ2) is 5.74. The second-order valence-corrected chi connectivity index (χ2v) is 6.03. The van der Waals surface area contributed by atoms with Crippen molar-refractivity contribution in [3.05, 3.63) is 11.6 Å². The average Bonchev–Trinajstić information content (AvgIpc) is 2.61. The van der Waals surface area contributed by atoms with E-state index >= 15 is 0 Å². The molecule has 18 heavy (non-hydrogen) atoms. The summed E-state index contributed by atoms with van der Waals surface area (Å²) in [5.41, 5.74) is -0.552. The third kappa shape index (κ3) is 4.33. The molecule has 4 nitrogen and oxygen atoms in total. The molecule has 1 atom stereocenters. The molecule has 102 valence electrons. The molecule has 1 aliphatic rings. The zero-order valence-electron chi connectivity index (χ0n) is 11.2. The minimum Gasteiger partial charge on any atom is -0.444 e. The lowest BCUT2D eigenvalue weighted by Crippen LogP contribution is -2.43. The van der Waals surface area contributed by atoms with Gasteiger partial charge in [0.2, 0.25) is 0 Å². The molecule has 5 heteroatoms. The normalized spacial score (nSPS) is 19.8. The molecule has 1 aliphatic heterocycles. The highest BCUT2D eigenvalue weighted by atomic mass is 35.5. The second-order valence-electron chi connectivity index (χ2n) is 5.49. The first-order chi connectivity index (χ1) is 8.20. The molecule has 0 saturated carbocycles. The molecule has 0 aromatic heterocycles. The molecule has 1 amide bonds. The molecule has 1 heterocycles. The van der Waals surface area contributed by atoms with Crippen LogP contribution < -0.4 is 0 Å². The van der Waals surface area contributed by atoms with Crippen molar-refractivity contribution < 1.29 is 14.3 Å². The fourth-order valence-electron chi connectivity index (χ4n) is 1.95. The smallest absolute Gasteiger partial charge is 0.410 e. The predicted molar refractivity (Wildman–Crippen MR) is 70.6 cm³/mol. The van der Waals surface area contributed by atoms with Gasteiger partial charge in [0.15, 0.2) is 5.78 Å². The van der Waals surface area contributed by atoms with E-state index in [2.05, 4.69) is 6.58 Å². The van der Waals surface area contributed by atoms with E-state index in [0.29, 0.717) is 18.0 Å². The Morgan fingerprint density at radius 1 is 1.44 bits per heavy atom. The highest BCUT2D eigenvalue weighted by Gasteiger charge is 2.36. The summed E-state index contributed by atoms with van der Waals surface area (Å²) in [7, 11) is 0. The van der Waals surface area contributed by atoms with Crippen LogP contribution >= 0.6 is 11.6 Å². The van der Waals surface area contributed by atoms with Crippen molar-refractivity contribution in [3.63, 3.8) is 0 Å². The van der Waals surface area contributed by atoms with Gasteiger partial charge in [-0.15, -0.1) is 0 Å². The monoisotopic (exact) mass is 273 g/mol. The summed E-state index contributed by atoms with van der Waals surface area (Å²) in [5.74, 6) is -0.0710. The van der Waals surface area contributed by atoms with Gasteiger partial charge in [-0.05, 0) is 33.6 Å². The van der Waals surface area contributed by atoms with E-state index in [4.69, 9.17) is 16.3 Å². The number of likely N-dealkylation sites (tertiary alicyclic amines) is 1. The molecule has 1 fully saturated rings. The van der Waals surface area contributed by atoms with Crippen molar-refractivity contribution in [2.75, 3.05) is 6.54 Å². The van der Waals surface area contributed by atoms with Gasteiger partial charge in [0, 0.05) is 18.0 Å². The van der Waals surface area contributed by atoms with Crippen LogP contribution in [-0.4, -0.2) is 35.0 Å². The number of ether oxygens (including phenoxy) is 1. The maximum atomic E-state index is 12.0. The Morgan fingerprint density at radius 3 is 2.56 bits per heavy atom. The first-order valence-corrected chi connectivity index (χ1v) is 6.44. The lowest BCUT2D eigenvalue weighted by atomic mass is 10.1. The molecule has 0 aliphatic carbocycles. The van der Waals surface area contributed by atoms with Gasteiger partial charge in [0.25, 0.3) is 0 Å². The van der Waals surface area contributed by atoms with Crippen molar-refractivity contribution >= 4 is 23.5 Å². The van der Waals surface area contributed by atoms with Crippen LogP contribution in [0, 0.1) is 0 Å². The maximum Gasteiger partial charge on any atom is 0.410 e. The first-order valence-electron chi connectivity index (χ1n) is 6.06. The summed E-state index contributed by atoms with van der Waals surface area (Å²) in [6, 6.07) is -0.421. The van der Waals surface area contributed by atoms with Crippen LogP contribution in [0.5, 0.6) is 0 Å². The summed E-state index contributed by atoms with van der Waals surface area (Å²) in [4.78, 5) is 25.4. The summed E-state index contributed by atoms with van der Waals surface area (Å²) in [6.07, 6.45) is 1.15. The Kier molecular flexibility index (Phi) is 4.79. The average molecular weight is 274 g/mol. The van der Waals surface area contributed by atoms with Gasteiger partial charge < -0.3 is 4.74 Å². The lowest BCUT2D eigenvalue weighted by Gasteiger charge is -2.27. The van der Waals surface area contributed by atoms with Crippen LogP contribution in [0.3, 0.4) is 0 Å². The fourth-order valence-corrected chi connectivity index (χ4v) is 2.08. The number of hydrogen-bond donors (Lipinski definition) is 0. The number of allylic oxidation sites excluding steroid dienone is 1. The van der Waals surface area contributed by atoms with Crippen molar-refractivity contribution in [1.29, 1.82) is 0 Å². The molecule has 1 rings (SSSR count). The van der Waals surface area contributed by atoms with Gasteiger partial charge in [-0.1, -0.05) is 18.2 Å². The quantitative estimate of drug-likeness (QED) is 0.794. The Labute approximate surface area is 113 Å². The summed E-state index contributed by atoms with van der Waals surface area (Å²) in [6.45, 7) is 9.47. The van der Waals surface area contributed by atoms with Crippen LogP contribution in [0.25, 0.3) is 0 Å². The van der Waals surface area contributed by atoms with Crippen LogP contribution in [0.4, 0.5) is 4.79 Å². The zero-order chi connectivity index (χ0) is 13.9. The molecule has 0 N–H and O–H groups in total. The number of ketones is 1. The highest BCUT2D eigenvalue weighted by Crippen LogP contribution is 2.23. The van der Waals surface area contributed by atoms with Crippen molar-refractivity contribution in [2.45, 2.75) is 51.7 Å². The third-order valence-electron chi connectivity index (χ3n) is 2.62. The predicted octanol–water partition coefficient (Wildman–Crippen LogP) is 3.10. The van der Waals surface area contributed by atoms with E-state index in [0.717, 1.165) is 6.42 Å². The summed E-state index contributed by atoms with van der Waals surface area (Å²) >= 11 is 5.63. The van der Waals surface area contributed by atoms with E-state index < -0.39 is 17.7 Å². The molecular formula is C13H20ClNO3. The number of hydrogen-bond acceptors (Lipinski definition) is 3. The topological polar surface area (TPSA) is 46.6 Å². The third-order valence-corrected chi connectivity index (χ3v) is 2.75. The summed E-state index contributed by atoms with van der Waals surface area (Å²) < 4.78 is 5.29. The molecule has 0 aromatic carbocycles. The van der Waals surface area contributed by atoms with E-state index in [9.17, 15) is 9.59 Å². The van der Waals surface area contributed by atoms with Gasteiger partial charge in [0.05, 0.1) is 6.04 Å². The number of Topliss-reactive ketones (excluding diaryl/α,β-unsaturated/α-hetero) is 1. The van der Waals surface area contributed by atoms with Crippen molar-refractivity contribution in [2.24, 2.45) is 0 Å². The Bertz CT molecular complexity index is 360. The molecule has 1 saturated heterocycles. The molecule has 0 bridgehead atoms. The minimum atomic E-state index is -0.552. The number of rotatable bonds is 3. The number of carbonyl (C=O) groups excluding carboxylic acids is 2. The Balaban J connectivity index is 2.67. The summed E-state index contributed by atoms with van der Waals surface area (Å²) in [5, 5.41) is 0.302. The van der Waals surface area contributed by atoms with Gasteiger partial charge >= 0.3 is 6.09 Å². The van der Waals surface area contributed by atoms with E-state index in [1.54, 1.807) is 20.8 Å². The SMILES string of the molecule is C=C(Cl)CC(=O)[C@@H]1CCCN1C(=O)OC(C)(C)C. The Hall–Kier alpha value is -1.03. The first kappa shape index (κ1) is 15.0. The number of halogens is 1. The van der Waals surface area contributed by atoms with Crippen LogP contribution in [0.2, 0.25) is 0 Å². The van der Waals surface area contributed by atoms with E-state index in [-0.39, 0.29) is 12.2 Å². The van der Waals surface area contributed by atoms with Crippen LogP contribution in [0.15, 0.2) is 11.6 Å². The lowest BCUT2D eigenvalue weighted by molar-refractivity contribution is -0.122. The van der Waals surface area contributed by atoms with E-state index in [1.807, 2.05) is 0 Å². The molecule has 0 aromatic rings. The number of carbonyl (C=O) groups is 2. The van der Waals surface area contributed by atoms with E-state index in [1.165, 1.54) is 4.90 Å². The zero-order valence-corrected chi connectivity index (χ0v) is 11.9. The molecule has 0 unspecified atom stereocenters. The highest BCUT2D eigenvalue weighted by molar-refractivity contribution is 6.30. The fraction of sp³-hybridized carbons (Fsp3) is 0.692. The molecular weight excluding hydrogens is 254 g/mol. The van der Waals surface area contributed by atoms with Crippen molar-refractivity contribution in [1.82, 2.24) is 4.90 Å². The van der Waals surface area contributed by atoms with Crippen LogP contribution in [-0.2, 0) is 9.53 Å². The van der Waals surface area contributed by atoms with Gasteiger partial charge in [-0.3, -0.25) is 9.69 Å². The largest absolute Gasteiger partial charge is 0.444 e. The minimum absolute atomic E-state index is 0.0710. The molecule has 0 radical (unpaired) electrons. The number of amides is 1. The van der Waals surface area contributed by atoms with Gasteiger partial charge in [-0.2, -0.15) is 0 Å². The van der Waals surface area contributed by atoms with Crippen molar-refractivity contribution in [3.8, 4) is 0 Å². The van der Waals surface area contributed by atoms with Crippen LogP contribution in [0.1, 0.15) is 40.0 Å². The van der Waals surface area contributed by atoms with Gasteiger partial charge in [0.1, 0.15) is 5.60 Å². The standard InChI is InChI=1S/C13H20ClNO3/c1-9(14)8-11(16)10-6-5-7-15(10)12(17)18-13(2,3)4/h10H,1,5-8H2,2-4H3/t10-/m0/s1. The molecule has 0 spiro atoms. The Morgan fingerprint density at radius 2 is 2.06 bits per heavy atom. The maximum absolute atomic E-state index is 12.0. The van der Waals surface area contributed by atoms with Gasteiger partial charge in [-0.25, -0.2) is 4.79 Å². The number of nitrogens with zero attached hydrogens (tertiary/aromatic N) is 1.